The van der Waals surface area contributed by atoms with Crippen LogP contribution in [0.4, 0.5) is 5.69 Å². The fourth-order valence-corrected chi connectivity index (χ4v) is 5.55. The summed E-state index contributed by atoms with van der Waals surface area (Å²) in [5, 5.41) is -0.0421. The first-order valence-electron chi connectivity index (χ1n) is 7.37. The molecule has 5 rings (SSSR count). The largest absolute Gasteiger partial charge is 0.497 e. The van der Waals surface area contributed by atoms with Gasteiger partial charge in [0.2, 0.25) is 0 Å². The van der Waals surface area contributed by atoms with Crippen molar-refractivity contribution in [2.24, 2.45) is 0 Å². The smallest absolute Gasteiger partial charge is 0.124 e. The highest BCUT2D eigenvalue weighted by atomic mass is 32.2. The quantitative estimate of drug-likeness (QED) is 0.880. The molecule has 22 heavy (non-hydrogen) atoms. The summed E-state index contributed by atoms with van der Waals surface area (Å²) in [5.74, 6) is 0.940. The molecule has 112 valence electrons. The molecule has 3 aliphatic rings. The van der Waals surface area contributed by atoms with Crippen LogP contribution in [0.25, 0.3) is 0 Å². The minimum atomic E-state index is -1.14. The monoisotopic (exact) mass is 313 g/mol. The summed E-state index contributed by atoms with van der Waals surface area (Å²) in [7, 11) is 0.529. The molecule has 2 aromatic carbocycles. The van der Waals surface area contributed by atoms with E-state index in [2.05, 4.69) is 16.9 Å². The van der Waals surface area contributed by atoms with E-state index in [9.17, 15) is 4.21 Å². The van der Waals surface area contributed by atoms with Gasteiger partial charge >= 0.3 is 0 Å². The summed E-state index contributed by atoms with van der Waals surface area (Å²) in [6, 6.07) is 14.2. The molecule has 4 nitrogen and oxygen atoms in total. The molecular weight excluding hydrogens is 298 g/mol. The number of ether oxygens (including phenoxy) is 2. The van der Waals surface area contributed by atoms with E-state index in [4.69, 9.17) is 9.47 Å². The van der Waals surface area contributed by atoms with Crippen molar-refractivity contribution >= 4 is 16.7 Å². The minimum Gasteiger partial charge on any atom is -0.497 e. The van der Waals surface area contributed by atoms with Crippen LogP contribution in [0.5, 0.6) is 5.75 Å². The van der Waals surface area contributed by atoms with Gasteiger partial charge in [0.05, 0.1) is 24.2 Å². The average molecular weight is 313 g/mol. The molecule has 5 atom stereocenters. The Morgan fingerprint density at radius 1 is 1.09 bits per heavy atom. The van der Waals surface area contributed by atoms with Crippen molar-refractivity contribution in [3.8, 4) is 5.75 Å². The Hall–Kier alpha value is -1.85. The second-order valence-corrected chi connectivity index (χ2v) is 7.29. The van der Waals surface area contributed by atoms with Crippen molar-refractivity contribution in [1.82, 2.24) is 0 Å². The highest BCUT2D eigenvalue weighted by Gasteiger charge is 2.57. The summed E-state index contributed by atoms with van der Waals surface area (Å²) in [4.78, 5) is 0. The topological polar surface area (TPSA) is 47.6 Å². The van der Waals surface area contributed by atoms with Crippen molar-refractivity contribution < 1.29 is 13.7 Å². The molecule has 0 aromatic heterocycles. The number of fused-ring (bicyclic) bond motifs is 10. The minimum absolute atomic E-state index is 0.0110. The predicted octanol–water partition coefficient (Wildman–Crippen LogP) is 3.06. The zero-order valence-electron chi connectivity index (χ0n) is 12.0. The maximum Gasteiger partial charge on any atom is 0.124 e. The Bertz CT molecular complexity index is 806. The van der Waals surface area contributed by atoms with Crippen LogP contribution < -0.4 is 9.46 Å². The molecule has 3 heterocycles. The molecule has 0 unspecified atom stereocenters. The first kappa shape index (κ1) is 12.7. The second kappa shape index (κ2) is 4.33. The van der Waals surface area contributed by atoms with Crippen molar-refractivity contribution in [2.45, 2.75) is 23.4 Å². The Morgan fingerprint density at radius 3 is 2.64 bits per heavy atom. The molecule has 0 spiro atoms. The number of methoxy groups -OCH3 is 1. The summed E-state index contributed by atoms with van der Waals surface area (Å²) in [5.41, 5.74) is 4.50. The van der Waals surface area contributed by atoms with E-state index in [1.54, 1.807) is 7.11 Å². The number of hydrogen-bond donors (Lipinski definition) is 1. The molecule has 5 heteroatoms. The summed E-state index contributed by atoms with van der Waals surface area (Å²) in [6.45, 7) is 0. The van der Waals surface area contributed by atoms with Crippen LogP contribution in [-0.2, 0) is 15.7 Å². The SMILES string of the molecule is COc1ccc2c(c1)[C@@H]1[C@H]([C@H]3O[C@@H]1c1ccccc13)[S@@](=O)N2. The molecule has 1 N–H and O–H groups in total. The third-order valence-corrected chi connectivity index (χ3v) is 6.41. The van der Waals surface area contributed by atoms with Gasteiger partial charge in [-0.25, -0.2) is 4.21 Å². The van der Waals surface area contributed by atoms with E-state index in [0.29, 0.717) is 0 Å². The van der Waals surface area contributed by atoms with Crippen LogP contribution >= 0.6 is 0 Å². The molecule has 1 saturated heterocycles. The molecule has 0 aliphatic carbocycles. The summed E-state index contributed by atoms with van der Waals surface area (Å²) >= 11 is 0. The van der Waals surface area contributed by atoms with E-state index >= 15 is 0 Å². The van der Waals surface area contributed by atoms with Gasteiger partial charge in [-0.1, -0.05) is 24.3 Å². The highest BCUT2D eigenvalue weighted by Crippen LogP contribution is 2.61. The van der Waals surface area contributed by atoms with Crippen LogP contribution in [0.2, 0.25) is 0 Å². The molecule has 2 bridgehead atoms. The molecular formula is C17H15NO3S. The van der Waals surface area contributed by atoms with Crippen LogP contribution in [0.3, 0.4) is 0 Å². The Morgan fingerprint density at radius 2 is 1.86 bits per heavy atom. The molecule has 0 amide bonds. The summed E-state index contributed by atoms with van der Waals surface area (Å²) < 4.78 is 27.4. The second-order valence-electron chi connectivity index (χ2n) is 5.95. The number of anilines is 1. The van der Waals surface area contributed by atoms with Crippen LogP contribution in [0, 0.1) is 0 Å². The third-order valence-electron chi connectivity index (χ3n) is 4.96. The van der Waals surface area contributed by atoms with Gasteiger partial charge in [-0.05, 0) is 34.9 Å². The maximum atomic E-state index is 12.7. The Balaban J connectivity index is 1.71. The van der Waals surface area contributed by atoms with Crippen molar-refractivity contribution in [3.63, 3.8) is 0 Å². The van der Waals surface area contributed by atoms with E-state index in [1.165, 1.54) is 11.1 Å². The van der Waals surface area contributed by atoms with E-state index < -0.39 is 11.0 Å². The summed E-state index contributed by atoms with van der Waals surface area (Å²) in [6.07, 6.45) is -0.0954. The molecule has 0 radical (unpaired) electrons. The molecule has 0 saturated carbocycles. The van der Waals surface area contributed by atoms with Gasteiger partial charge in [0.25, 0.3) is 0 Å². The first-order valence-corrected chi connectivity index (χ1v) is 8.58. The predicted molar refractivity (Wildman–Crippen MR) is 84.3 cm³/mol. The van der Waals surface area contributed by atoms with E-state index in [1.807, 2.05) is 30.3 Å². The first-order chi connectivity index (χ1) is 10.8. The van der Waals surface area contributed by atoms with Gasteiger partial charge in [-0.2, -0.15) is 0 Å². The lowest BCUT2D eigenvalue weighted by Gasteiger charge is -2.34. The number of rotatable bonds is 1. The maximum absolute atomic E-state index is 12.7. The van der Waals surface area contributed by atoms with Gasteiger partial charge in [0.15, 0.2) is 0 Å². The molecule has 2 aromatic rings. The van der Waals surface area contributed by atoms with Gasteiger partial charge in [0, 0.05) is 5.92 Å². The zero-order chi connectivity index (χ0) is 14.8. The van der Waals surface area contributed by atoms with E-state index in [0.717, 1.165) is 17.0 Å². The Kier molecular flexibility index (Phi) is 2.50. The normalized spacial score (nSPS) is 33.6. The fraction of sp³-hybridized carbons (Fsp3) is 0.294. The molecule has 1 fully saturated rings. The standard InChI is InChI=1S/C17H15NO3S/c1-20-9-6-7-13-12(8-9)14-15-10-4-2-3-5-11(10)16(21-15)17(14)22(19)18-13/h2-8,14-18H,1H3/t14-,15+,16-,17+,22+/m0/s1. The average Bonchev–Trinajstić information content (AvgIpc) is 3.12. The van der Waals surface area contributed by atoms with Crippen molar-refractivity contribution in [3.05, 3.63) is 59.2 Å². The number of benzene rings is 2. The van der Waals surface area contributed by atoms with Crippen molar-refractivity contribution in [1.29, 1.82) is 0 Å². The van der Waals surface area contributed by atoms with Gasteiger partial charge < -0.3 is 14.2 Å². The lowest BCUT2D eigenvalue weighted by atomic mass is 9.79. The number of hydrogen-bond acceptors (Lipinski definition) is 3. The van der Waals surface area contributed by atoms with Gasteiger partial charge in [-0.15, -0.1) is 0 Å². The van der Waals surface area contributed by atoms with E-state index in [-0.39, 0.29) is 23.4 Å². The lowest BCUT2D eigenvalue weighted by Crippen LogP contribution is -2.36. The van der Waals surface area contributed by atoms with Gasteiger partial charge in [0.1, 0.15) is 22.8 Å². The molecule has 3 aliphatic heterocycles. The third kappa shape index (κ3) is 1.48. The van der Waals surface area contributed by atoms with Crippen LogP contribution in [-0.4, -0.2) is 16.6 Å². The lowest BCUT2D eigenvalue weighted by molar-refractivity contribution is 0.0683. The van der Waals surface area contributed by atoms with Crippen molar-refractivity contribution in [2.75, 3.05) is 11.8 Å². The fourth-order valence-electron chi connectivity index (χ4n) is 4.03. The van der Waals surface area contributed by atoms with Crippen LogP contribution in [0.15, 0.2) is 42.5 Å². The number of nitrogens with one attached hydrogen (secondary N) is 1. The van der Waals surface area contributed by atoms with Gasteiger partial charge in [-0.3, -0.25) is 0 Å². The highest BCUT2D eigenvalue weighted by molar-refractivity contribution is 7.87. The Labute approximate surface area is 131 Å². The zero-order valence-corrected chi connectivity index (χ0v) is 12.8. The van der Waals surface area contributed by atoms with Crippen LogP contribution in [0.1, 0.15) is 34.8 Å².